The number of fused-ring (bicyclic) bond motifs is 2. The summed E-state index contributed by atoms with van der Waals surface area (Å²) in [7, 11) is 0. The molecule has 0 heterocycles. The summed E-state index contributed by atoms with van der Waals surface area (Å²) in [5.74, 6) is 6.51. The first-order valence-electron chi connectivity index (χ1n) is 22.4. The van der Waals surface area contributed by atoms with Crippen LogP contribution in [-0.2, 0) is 34.1 Å². The first-order chi connectivity index (χ1) is 26.8. The predicted octanol–water partition coefficient (Wildman–Crippen LogP) is 8.30. The smallest absolute Gasteiger partial charge is 1.00 e. The fraction of sp³-hybridized carbons (Fsp3) is 0.481. The first-order valence-corrected chi connectivity index (χ1v) is 25.3. The van der Waals surface area contributed by atoms with Crippen LogP contribution in [0.15, 0.2) is 96.1 Å². The van der Waals surface area contributed by atoms with Crippen LogP contribution in [0.25, 0.3) is 34.4 Å². The SMILES string of the molecule is CC1=Cc2c(-c3ccc(C45CC6CC(CC(C6)C4)C5)cc3)cccc2[CH]1[Zr+2][CH]1C(C(C)C)=Cc2c(-c3ccc(C45CC6CC(CC(C6)C4)C5)cc3)cccc21.[Cl-].[Cl-]. The molecule has 14 rings (SSSR count). The van der Waals surface area contributed by atoms with E-state index in [4.69, 9.17) is 0 Å². The van der Waals surface area contributed by atoms with Crippen LogP contribution in [0.2, 0.25) is 0 Å². The molecule has 2 atom stereocenters. The first kappa shape index (κ1) is 39.0. The Balaban J connectivity index is 0.00000198. The van der Waals surface area contributed by atoms with Gasteiger partial charge in [0, 0.05) is 0 Å². The monoisotopic (exact) mass is 866 g/mol. The zero-order valence-electron chi connectivity index (χ0n) is 34.2. The molecule has 0 radical (unpaired) electrons. The summed E-state index contributed by atoms with van der Waals surface area (Å²) in [6.45, 7) is 7.34. The van der Waals surface area contributed by atoms with Crippen molar-refractivity contribution in [2.75, 3.05) is 0 Å². The molecule has 0 amide bonds. The average Bonchev–Trinajstić information content (AvgIpc) is 3.71. The number of hydrogen-bond acceptors (Lipinski definition) is 0. The van der Waals surface area contributed by atoms with Gasteiger partial charge in [-0.05, 0) is 0 Å². The van der Waals surface area contributed by atoms with Crippen LogP contribution in [-0.4, -0.2) is 0 Å². The zero-order chi connectivity index (χ0) is 36.6. The van der Waals surface area contributed by atoms with Crippen LogP contribution in [0.5, 0.6) is 0 Å². The van der Waals surface area contributed by atoms with Gasteiger partial charge < -0.3 is 24.8 Å². The van der Waals surface area contributed by atoms with Crippen molar-refractivity contribution < 1.29 is 48.0 Å². The molecule has 8 bridgehead atoms. The van der Waals surface area contributed by atoms with E-state index in [1.165, 1.54) is 110 Å². The Bertz CT molecular complexity index is 2190. The maximum atomic E-state index is 2.64. The molecular formula is C54H58Cl2Zr. The second-order valence-electron chi connectivity index (χ2n) is 20.9. The molecule has 0 saturated heterocycles. The van der Waals surface area contributed by atoms with Crippen LogP contribution in [0, 0.1) is 41.4 Å². The van der Waals surface area contributed by atoms with Crippen LogP contribution in [0.4, 0.5) is 0 Å². The molecule has 0 aliphatic heterocycles. The topological polar surface area (TPSA) is 0 Å². The number of benzene rings is 4. The second kappa shape index (κ2) is 14.5. The molecule has 4 aromatic carbocycles. The summed E-state index contributed by atoms with van der Waals surface area (Å²) in [6, 6.07) is 34.7. The van der Waals surface area contributed by atoms with Gasteiger partial charge in [-0.3, -0.25) is 0 Å². The van der Waals surface area contributed by atoms with Gasteiger partial charge in [0.05, 0.1) is 0 Å². The maximum Gasteiger partial charge on any atom is -1.00 e. The fourth-order valence-electron chi connectivity index (χ4n) is 15.5. The fourth-order valence-corrected chi connectivity index (χ4v) is 20.8. The van der Waals surface area contributed by atoms with E-state index in [9.17, 15) is 0 Å². The Kier molecular flexibility index (Phi) is 9.91. The molecule has 0 N–H and O–H groups in total. The Hall–Kier alpha value is -2.18. The minimum absolute atomic E-state index is 0. The van der Waals surface area contributed by atoms with Crippen LogP contribution in [0.3, 0.4) is 0 Å². The van der Waals surface area contributed by atoms with E-state index in [2.05, 4.69) is 118 Å². The number of allylic oxidation sites excluding steroid dienone is 2. The standard InChI is InChI=1S/C28H31.C26H27.2ClH.Zr/c1-18(2)24-13-23-4-3-5-26(27(23)14-24)22-6-8-25(9-7-22)28-15-19-10-20(16-28)12-21(11-19)17-28;1-17-9-22-3-2-4-24(25(22)10-17)21-5-7-23(8-6-21)26-14-18-11-19(15-26)13-20(12-18)16-26;;;/h3-9,13-14,18-21H,10-12,15-17H2,1-2H3;2-10,18-20H,11-16H2,1H3;2*1H;/q;;;;+2/p-2. The van der Waals surface area contributed by atoms with E-state index in [1.807, 2.05) is 0 Å². The Morgan fingerprint density at radius 2 is 0.877 bits per heavy atom. The molecule has 3 heteroatoms. The third-order valence-electron chi connectivity index (χ3n) is 17.1. The van der Waals surface area contributed by atoms with Crippen molar-refractivity contribution in [1.29, 1.82) is 0 Å². The normalized spacial score (nSPS) is 34.6. The van der Waals surface area contributed by atoms with Gasteiger partial charge in [-0.1, -0.05) is 0 Å². The van der Waals surface area contributed by atoms with Gasteiger partial charge in [0.1, 0.15) is 0 Å². The molecule has 8 saturated carbocycles. The van der Waals surface area contributed by atoms with Crippen molar-refractivity contribution in [3.8, 4) is 22.3 Å². The summed E-state index contributed by atoms with van der Waals surface area (Å²) in [5.41, 5.74) is 19.5. The van der Waals surface area contributed by atoms with Gasteiger partial charge in [0.25, 0.3) is 0 Å². The molecule has 57 heavy (non-hydrogen) atoms. The minimum atomic E-state index is -0.968. The largest absolute Gasteiger partial charge is 1.00 e. The quantitative estimate of drug-likeness (QED) is 0.176. The Labute approximate surface area is 366 Å². The van der Waals surface area contributed by atoms with Gasteiger partial charge in [0.15, 0.2) is 0 Å². The summed E-state index contributed by atoms with van der Waals surface area (Å²) >= 11 is -0.968. The molecule has 0 nitrogen and oxygen atoms in total. The van der Waals surface area contributed by atoms with E-state index in [0.717, 1.165) is 35.5 Å². The molecule has 10 aliphatic rings. The van der Waals surface area contributed by atoms with Crippen molar-refractivity contribution in [2.45, 2.75) is 116 Å². The maximum absolute atomic E-state index is 2.64. The molecule has 292 valence electrons. The van der Waals surface area contributed by atoms with E-state index in [0.29, 0.717) is 24.0 Å². The van der Waals surface area contributed by atoms with Gasteiger partial charge in [-0.25, -0.2) is 0 Å². The summed E-state index contributed by atoms with van der Waals surface area (Å²) in [6.07, 6.45) is 23.0. The Morgan fingerprint density at radius 1 is 0.491 bits per heavy atom. The van der Waals surface area contributed by atoms with E-state index < -0.39 is 23.2 Å². The van der Waals surface area contributed by atoms with Crippen molar-refractivity contribution in [3.05, 3.63) is 129 Å². The van der Waals surface area contributed by atoms with Gasteiger partial charge >= 0.3 is 344 Å². The van der Waals surface area contributed by atoms with Crippen LogP contribution < -0.4 is 24.8 Å². The van der Waals surface area contributed by atoms with Gasteiger partial charge in [0.2, 0.25) is 0 Å². The van der Waals surface area contributed by atoms with Gasteiger partial charge in [-0.2, -0.15) is 0 Å². The van der Waals surface area contributed by atoms with Crippen LogP contribution in [0.1, 0.15) is 138 Å². The summed E-state index contributed by atoms with van der Waals surface area (Å²) in [5, 5.41) is 0. The third kappa shape index (κ3) is 6.27. The molecule has 4 aromatic rings. The Morgan fingerprint density at radius 3 is 1.28 bits per heavy atom. The van der Waals surface area contributed by atoms with Crippen LogP contribution >= 0.6 is 0 Å². The summed E-state index contributed by atoms with van der Waals surface area (Å²) < 4.78 is 1.23. The molecule has 8 fully saturated rings. The van der Waals surface area contributed by atoms with Crippen molar-refractivity contribution >= 4 is 12.2 Å². The van der Waals surface area contributed by atoms with E-state index >= 15 is 0 Å². The molecule has 0 aromatic heterocycles. The number of rotatable bonds is 7. The van der Waals surface area contributed by atoms with Crippen molar-refractivity contribution in [3.63, 3.8) is 0 Å². The summed E-state index contributed by atoms with van der Waals surface area (Å²) in [4.78, 5) is 0. The van der Waals surface area contributed by atoms with E-state index in [-0.39, 0.29) is 24.8 Å². The molecule has 0 spiro atoms. The average molecular weight is 869 g/mol. The van der Waals surface area contributed by atoms with Gasteiger partial charge in [-0.15, -0.1) is 0 Å². The molecule has 10 aliphatic carbocycles. The molecular weight excluding hydrogens is 811 g/mol. The molecule has 2 unspecified atom stereocenters. The van der Waals surface area contributed by atoms with E-state index in [1.54, 1.807) is 33.4 Å². The van der Waals surface area contributed by atoms with Crippen molar-refractivity contribution in [1.82, 2.24) is 0 Å². The van der Waals surface area contributed by atoms with Crippen molar-refractivity contribution in [2.24, 2.45) is 41.4 Å². The number of halogens is 2. The second-order valence-corrected chi connectivity index (χ2v) is 24.5. The zero-order valence-corrected chi connectivity index (χ0v) is 38.1. The predicted molar refractivity (Wildman–Crippen MR) is 225 cm³/mol. The number of hydrogen-bond donors (Lipinski definition) is 0. The minimum Gasteiger partial charge on any atom is -1.00 e. The third-order valence-corrected chi connectivity index (χ3v) is 22.2.